The second-order valence-corrected chi connectivity index (χ2v) is 4.48. The van der Waals surface area contributed by atoms with Crippen molar-refractivity contribution in [1.29, 1.82) is 0 Å². The summed E-state index contributed by atoms with van der Waals surface area (Å²) in [6, 6.07) is 5.60. The van der Waals surface area contributed by atoms with Gasteiger partial charge in [0.25, 0.3) is 0 Å². The highest BCUT2D eigenvalue weighted by molar-refractivity contribution is 5.89. The molecule has 20 heavy (non-hydrogen) atoms. The monoisotopic (exact) mass is 278 g/mol. The lowest BCUT2D eigenvalue weighted by Gasteiger charge is -2.08. The van der Waals surface area contributed by atoms with Crippen LogP contribution in [0.2, 0.25) is 0 Å². The third-order valence-corrected chi connectivity index (χ3v) is 2.55. The van der Waals surface area contributed by atoms with Gasteiger partial charge in [-0.25, -0.2) is 4.39 Å². The molecular formula is C13H15FN4O2. The standard InChI is InChI=1S/C13H15FN4O2/c1-18(2)8-7-15-11(19)13-17-16-12(20-13)9-3-5-10(14)6-4-9/h3-6H,7-8H2,1-2H3,(H,15,19). The van der Waals surface area contributed by atoms with E-state index in [4.69, 9.17) is 4.42 Å². The number of halogens is 1. The van der Waals surface area contributed by atoms with E-state index in [1.165, 1.54) is 24.3 Å². The van der Waals surface area contributed by atoms with Gasteiger partial charge in [-0.2, -0.15) is 0 Å². The van der Waals surface area contributed by atoms with Crippen LogP contribution in [-0.4, -0.2) is 48.2 Å². The van der Waals surface area contributed by atoms with Crippen molar-refractivity contribution >= 4 is 5.91 Å². The van der Waals surface area contributed by atoms with E-state index in [0.717, 1.165) is 0 Å². The highest BCUT2D eigenvalue weighted by atomic mass is 19.1. The number of carbonyl (C=O) groups excluding carboxylic acids is 1. The maximum Gasteiger partial charge on any atom is 0.308 e. The number of carbonyl (C=O) groups is 1. The number of amides is 1. The van der Waals surface area contributed by atoms with Crippen LogP contribution in [0, 0.1) is 5.82 Å². The van der Waals surface area contributed by atoms with Crippen LogP contribution in [0.25, 0.3) is 11.5 Å². The van der Waals surface area contributed by atoms with Crippen LogP contribution in [0.4, 0.5) is 4.39 Å². The Morgan fingerprint density at radius 1 is 1.30 bits per heavy atom. The maximum absolute atomic E-state index is 12.8. The van der Waals surface area contributed by atoms with Crippen LogP contribution in [-0.2, 0) is 0 Å². The Morgan fingerprint density at radius 3 is 2.65 bits per heavy atom. The summed E-state index contributed by atoms with van der Waals surface area (Å²) in [4.78, 5) is 13.7. The van der Waals surface area contributed by atoms with Crippen LogP contribution in [0.3, 0.4) is 0 Å². The lowest BCUT2D eigenvalue weighted by Crippen LogP contribution is -2.31. The van der Waals surface area contributed by atoms with Gasteiger partial charge in [0.1, 0.15) is 5.82 Å². The smallest absolute Gasteiger partial charge is 0.308 e. The molecule has 1 heterocycles. The van der Waals surface area contributed by atoms with Gasteiger partial charge in [0, 0.05) is 18.7 Å². The number of nitrogens with zero attached hydrogens (tertiary/aromatic N) is 3. The molecular weight excluding hydrogens is 263 g/mol. The molecule has 0 aliphatic heterocycles. The molecule has 0 saturated heterocycles. The van der Waals surface area contributed by atoms with Crippen LogP contribution in [0.1, 0.15) is 10.7 Å². The second-order valence-electron chi connectivity index (χ2n) is 4.48. The zero-order valence-corrected chi connectivity index (χ0v) is 11.3. The van der Waals surface area contributed by atoms with Crippen molar-refractivity contribution in [3.63, 3.8) is 0 Å². The molecule has 106 valence electrons. The van der Waals surface area contributed by atoms with E-state index >= 15 is 0 Å². The Hall–Kier alpha value is -2.28. The summed E-state index contributed by atoms with van der Waals surface area (Å²) in [5.41, 5.74) is 0.561. The van der Waals surface area contributed by atoms with E-state index in [1.54, 1.807) is 0 Å². The molecule has 6 nitrogen and oxygen atoms in total. The minimum absolute atomic E-state index is 0.108. The molecule has 1 aromatic carbocycles. The van der Waals surface area contributed by atoms with Crippen LogP contribution in [0.15, 0.2) is 28.7 Å². The van der Waals surface area contributed by atoms with E-state index in [-0.39, 0.29) is 17.6 Å². The minimum Gasteiger partial charge on any atom is -0.412 e. The van der Waals surface area contributed by atoms with Crippen molar-refractivity contribution in [1.82, 2.24) is 20.4 Å². The molecule has 1 N–H and O–H groups in total. The minimum atomic E-state index is -0.423. The van der Waals surface area contributed by atoms with Crippen molar-refractivity contribution in [2.24, 2.45) is 0 Å². The molecule has 0 saturated carbocycles. The maximum atomic E-state index is 12.8. The summed E-state index contributed by atoms with van der Waals surface area (Å²) >= 11 is 0. The number of nitrogens with one attached hydrogen (secondary N) is 1. The van der Waals surface area contributed by atoms with Crippen molar-refractivity contribution in [3.05, 3.63) is 36.0 Å². The molecule has 0 aliphatic carbocycles. The Bertz CT molecular complexity index is 580. The van der Waals surface area contributed by atoms with Crippen molar-refractivity contribution in [2.45, 2.75) is 0 Å². The number of benzene rings is 1. The Labute approximate surface area is 115 Å². The topological polar surface area (TPSA) is 71.3 Å². The molecule has 0 unspecified atom stereocenters. The quantitative estimate of drug-likeness (QED) is 0.889. The first-order valence-electron chi connectivity index (χ1n) is 6.08. The zero-order chi connectivity index (χ0) is 14.5. The predicted molar refractivity (Wildman–Crippen MR) is 70.6 cm³/mol. The normalized spacial score (nSPS) is 10.8. The summed E-state index contributed by atoms with van der Waals surface area (Å²) in [6.07, 6.45) is 0. The zero-order valence-electron chi connectivity index (χ0n) is 11.3. The summed E-state index contributed by atoms with van der Waals surface area (Å²) in [6.45, 7) is 1.20. The highest BCUT2D eigenvalue weighted by Gasteiger charge is 2.15. The molecule has 0 atom stereocenters. The lowest BCUT2D eigenvalue weighted by atomic mass is 10.2. The van der Waals surface area contributed by atoms with Gasteiger partial charge in [0.15, 0.2) is 0 Å². The van der Waals surface area contributed by atoms with E-state index in [2.05, 4.69) is 15.5 Å². The van der Waals surface area contributed by atoms with Gasteiger partial charge in [-0.3, -0.25) is 4.79 Å². The third kappa shape index (κ3) is 3.61. The molecule has 7 heteroatoms. The van der Waals surface area contributed by atoms with E-state index in [9.17, 15) is 9.18 Å². The van der Waals surface area contributed by atoms with Gasteiger partial charge in [0.2, 0.25) is 5.89 Å². The molecule has 2 aromatic rings. The molecule has 0 fully saturated rings. The van der Waals surface area contributed by atoms with Gasteiger partial charge < -0.3 is 14.6 Å². The van der Waals surface area contributed by atoms with E-state index in [0.29, 0.717) is 18.7 Å². The third-order valence-electron chi connectivity index (χ3n) is 2.55. The molecule has 0 aliphatic rings. The Balaban J connectivity index is 2.01. The summed E-state index contributed by atoms with van der Waals surface area (Å²) in [5, 5.41) is 10.1. The average Bonchev–Trinajstić information content (AvgIpc) is 2.88. The number of hydrogen-bond donors (Lipinski definition) is 1. The summed E-state index contributed by atoms with van der Waals surface area (Å²) in [7, 11) is 3.82. The largest absolute Gasteiger partial charge is 0.412 e. The SMILES string of the molecule is CN(C)CCNC(=O)c1nnc(-c2ccc(F)cc2)o1. The number of aromatic nitrogens is 2. The van der Waals surface area contributed by atoms with Crippen molar-refractivity contribution in [3.8, 4) is 11.5 Å². The fourth-order valence-corrected chi connectivity index (χ4v) is 1.49. The number of rotatable bonds is 5. The van der Waals surface area contributed by atoms with Gasteiger partial charge in [-0.15, -0.1) is 10.2 Å². The Kier molecular flexibility index (Phi) is 4.41. The van der Waals surface area contributed by atoms with Gasteiger partial charge in [-0.1, -0.05) is 0 Å². The first kappa shape index (κ1) is 14.1. The first-order valence-corrected chi connectivity index (χ1v) is 6.08. The van der Waals surface area contributed by atoms with E-state index in [1.807, 2.05) is 19.0 Å². The summed E-state index contributed by atoms with van der Waals surface area (Å²) in [5.74, 6) is -0.700. The van der Waals surface area contributed by atoms with Gasteiger partial charge in [-0.05, 0) is 38.4 Å². The van der Waals surface area contributed by atoms with Gasteiger partial charge >= 0.3 is 11.8 Å². The average molecular weight is 278 g/mol. The molecule has 0 spiro atoms. The fraction of sp³-hybridized carbons (Fsp3) is 0.308. The second kappa shape index (κ2) is 6.25. The van der Waals surface area contributed by atoms with Crippen molar-refractivity contribution in [2.75, 3.05) is 27.2 Å². The van der Waals surface area contributed by atoms with E-state index < -0.39 is 5.91 Å². The fourth-order valence-electron chi connectivity index (χ4n) is 1.49. The highest BCUT2D eigenvalue weighted by Crippen LogP contribution is 2.17. The molecule has 1 aromatic heterocycles. The molecule has 2 rings (SSSR count). The number of hydrogen-bond acceptors (Lipinski definition) is 5. The lowest BCUT2D eigenvalue weighted by molar-refractivity contribution is 0.0917. The molecule has 1 amide bonds. The van der Waals surface area contributed by atoms with Crippen LogP contribution < -0.4 is 5.32 Å². The first-order chi connectivity index (χ1) is 9.56. The van der Waals surface area contributed by atoms with Gasteiger partial charge in [0.05, 0.1) is 0 Å². The summed E-state index contributed by atoms with van der Waals surface area (Å²) < 4.78 is 18.1. The van der Waals surface area contributed by atoms with Crippen LogP contribution in [0.5, 0.6) is 0 Å². The van der Waals surface area contributed by atoms with Crippen molar-refractivity contribution < 1.29 is 13.6 Å². The van der Waals surface area contributed by atoms with Crippen LogP contribution >= 0.6 is 0 Å². The number of likely N-dealkylation sites (N-methyl/N-ethyl adjacent to an activating group) is 1. The molecule has 0 bridgehead atoms. The molecule has 0 radical (unpaired) electrons. The predicted octanol–water partition coefficient (Wildman–Crippen LogP) is 1.17. The Morgan fingerprint density at radius 2 is 2.00 bits per heavy atom.